The average molecular weight is 397 g/mol. The molecule has 2 heterocycles. The van der Waals surface area contributed by atoms with Crippen LogP contribution in [0.2, 0.25) is 0 Å². The third-order valence-corrected chi connectivity index (χ3v) is 4.51. The number of benzene rings is 2. The van der Waals surface area contributed by atoms with E-state index in [1.54, 1.807) is 18.2 Å². The van der Waals surface area contributed by atoms with Gasteiger partial charge < -0.3 is 0 Å². The number of aromatic nitrogens is 2. The van der Waals surface area contributed by atoms with Crippen LogP contribution in [0.5, 0.6) is 0 Å². The Balaban J connectivity index is 1.73. The van der Waals surface area contributed by atoms with E-state index in [1.165, 1.54) is 12.1 Å². The highest BCUT2D eigenvalue weighted by Gasteiger charge is 2.21. The van der Waals surface area contributed by atoms with E-state index in [4.69, 9.17) is 5.26 Å². The number of hydrogen-bond acceptors (Lipinski definition) is 4. The molecule has 2 aromatic heterocycles. The van der Waals surface area contributed by atoms with Gasteiger partial charge in [0.15, 0.2) is 5.82 Å². The van der Waals surface area contributed by atoms with Crippen molar-refractivity contribution in [1.29, 1.82) is 5.26 Å². The van der Waals surface area contributed by atoms with Crippen LogP contribution < -0.4 is 0 Å². The van der Waals surface area contributed by atoms with E-state index >= 15 is 0 Å². The standard InChI is InChI=1S/C24H13F2N3O/c25-18-13-12-16(23(26)17(18)14-27)24(30)22-11-5-10-21(29-22)20-9-4-8-19(28-20)15-6-2-1-3-7-15/h1-13H. The minimum atomic E-state index is -1.20. The van der Waals surface area contributed by atoms with Crippen LogP contribution >= 0.6 is 0 Å². The Kier molecular flexibility index (Phi) is 5.10. The normalized spacial score (nSPS) is 10.4. The Morgan fingerprint density at radius 3 is 2.17 bits per heavy atom. The second-order valence-electron chi connectivity index (χ2n) is 6.41. The molecule has 0 aliphatic heterocycles. The fourth-order valence-electron chi connectivity index (χ4n) is 3.02. The van der Waals surface area contributed by atoms with E-state index in [0.29, 0.717) is 11.4 Å². The second-order valence-corrected chi connectivity index (χ2v) is 6.41. The molecule has 0 amide bonds. The lowest BCUT2D eigenvalue weighted by molar-refractivity contribution is 0.103. The zero-order chi connectivity index (χ0) is 21.1. The van der Waals surface area contributed by atoms with Gasteiger partial charge in [-0.25, -0.2) is 18.7 Å². The van der Waals surface area contributed by atoms with Gasteiger partial charge in [-0.15, -0.1) is 0 Å². The van der Waals surface area contributed by atoms with E-state index in [-0.39, 0.29) is 5.69 Å². The maximum Gasteiger partial charge on any atom is 0.214 e. The topological polar surface area (TPSA) is 66.6 Å². The number of carbonyl (C=O) groups excluding carboxylic acids is 1. The van der Waals surface area contributed by atoms with Crippen molar-refractivity contribution in [1.82, 2.24) is 9.97 Å². The van der Waals surface area contributed by atoms with Crippen molar-refractivity contribution in [3.63, 3.8) is 0 Å². The van der Waals surface area contributed by atoms with E-state index < -0.39 is 28.5 Å². The van der Waals surface area contributed by atoms with Crippen LogP contribution in [0.1, 0.15) is 21.6 Å². The lowest BCUT2D eigenvalue weighted by atomic mass is 10.0. The summed E-state index contributed by atoms with van der Waals surface area (Å²) in [5, 5.41) is 8.92. The van der Waals surface area contributed by atoms with Crippen LogP contribution in [0.4, 0.5) is 8.78 Å². The van der Waals surface area contributed by atoms with E-state index in [1.807, 2.05) is 42.5 Å². The summed E-state index contributed by atoms with van der Waals surface area (Å²) >= 11 is 0. The van der Waals surface area contributed by atoms with Crippen molar-refractivity contribution >= 4 is 5.78 Å². The Hall–Kier alpha value is -4.24. The van der Waals surface area contributed by atoms with Gasteiger partial charge in [-0.05, 0) is 36.4 Å². The lowest BCUT2D eigenvalue weighted by Gasteiger charge is -2.07. The molecule has 0 saturated heterocycles. The first kappa shape index (κ1) is 19.1. The minimum absolute atomic E-state index is 0.0335. The van der Waals surface area contributed by atoms with Gasteiger partial charge in [-0.3, -0.25) is 4.79 Å². The summed E-state index contributed by atoms with van der Waals surface area (Å²) in [4.78, 5) is 21.7. The summed E-state index contributed by atoms with van der Waals surface area (Å²) in [5.41, 5.74) is 1.41. The number of nitriles is 1. The van der Waals surface area contributed by atoms with Gasteiger partial charge in [0.05, 0.1) is 22.6 Å². The number of pyridine rings is 2. The van der Waals surface area contributed by atoms with Crippen molar-refractivity contribution in [3.8, 4) is 28.7 Å². The number of nitrogens with zero attached hydrogens (tertiary/aromatic N) is 3. The van der Waals surface area contributed by atoms with Gasteiger partial charge in [0, 0.05) is 5.56 Å². The van der Waals surface area contributed by atoms with Crippen molar-refractivity contribution < 1.29 is 13.6 Å². The molecule has 2 aromatic carbocycles. The molecule has 0 fully saturated rings. The van der Waals surface area contributed by atoms with Gasteiger partial charge >= 0.3 is 0 Å². The molecule has 0 N–H and O–H groups in total. The molecular weight excluding hydrogens is 384 g/mol. The smallest absolute Gasteiger partial charge is 0.214 e. The highest BCUT2D eigenvalue weighted by molar-refractivity contribution is 6.08. The molecule has 0 saturated carbocycles. The molecule has 6 heteroatoms. The molecule has 0 spiro atoms. The van der Waals surface area contributed by atoms with Crippen LogP contribution in [0.15, 0.2) is 78.9 Å². The molecule has 0 atom stereocenters. The maximum absolute atomic E-state index is 14.4. The first-order valence-electron chi connectivity index (χ1n) is 9.01. The molecule has 0 aliphatic carbocycles. The van der Waals surface area contributed by atoms with Crippen molar-refractivity contribution in [2.45, 2.75) is 0 Å². The van der Waals surface area contributed by atoms with Crippen LogP contribution in [-0.2, 0) is 0 Å². The molecule has 0 aliphatic rings. The molecule has 30 heavy (non-hydrogen) atoms. The molecule has 0 unspecified atom stereocenters. The second kappa shape index (κ2) is 8.02. The molecule has 4 nitrogen and oxygen atoms in total. The molecule has 0 radical (unpaired) electrons. The molecule has 4 aromatic rings. The lowest BCUT2D eigenvalue weighted by Crippen LogP contribution is -2.09. The third kappa shape index (κ3) is 3.56. The van der Waals surface area contributed by atoms with Crippen LogP contribution in [0.25, 0.3) is 22.6 Å². The molecule has 4 rings (SSSR count). The molecular formula is C24H13F2N3O. The summed E-state index contributed by atoms with van der Waals surface area (Å²) in [7, 11) is 0. The maximum atomic E-state index is 14.4. The van der Waals surface area contributed by atoms with Gasteiger partial charge in [-0.2, -0.15) is 5.26 Å². The fraction of sp³-hybridized carbons (Fsp3) is 0. The Morgan fingerprint density at radius 1 is 0.767 bits per heavy atom. The third-order valence-electron chi connectivity index (χ3n) is 4.51. The highest BCUT2D eigenvalue weighted by Crippen LogP contribution is 2.23. The molecule has 0 bridgehead atoms. The number of hydrogen-bond donors (Lipinski definition) is 0. The van der Waals surface area contributed by atoms with Crippen molar-refractivity contribution in [2.24, 2.45) is 0 Å². The molecule has 144 valence electrons. The number of ketones is 1. The minimum Gasteiger partial charge on any atom is -0.287 e. The first-order valence-corrected chi connectivity index (χ1v) is 9.01. The van der Waals surface area contributed by atoms with E-state index in [2.05, 4.69) is 9.97 Å². The summed E-state index contributed by atoms with van der Waals surface area (Å²) < 4.78 is 28.0. The van der Waals surface area contributed by atoms with Crippen LogP contribution in [0, 0.1) is 23.0 Å². The fourth-order valence-corrected chi connectivity index (χ4v) is 3.02. The zero-order valence-electron chi connectivity index (χ0n) is 15.5. The van der Waals surface area contributed by atoms with Gasteiger partial charge in [0.1, 0.15) is 23.1 Å². The van der Waals surface area contributed by atoms with Gasteiger partial charge in [-0.1, -0.05) is 42.5 Å². The summed E-state index contributed by atoms with van der Waals surface area (Å²) in [6, 6.07) is 23.1. The van der Waals surface area contributed by atoms with Gasteiger partial charge in [0.2, 0.25) is 5.78 Å². The van der Waals surface area contributed by atoms with Crippen molar-refractivity contribution in [3.05, 3.63) is 107 Å². The summed E-state index contributed by atoms with van der Waals surface area (Å²) in [6.45, 7) is 0. The summed E-state index contributed by atoms with van der Waals surface area (Å²) in [6.07, 6.45) is 0. The Bertz CT molecular complexity index is 1300. The largest absolute Gasteiger partial charge is 0.287 e. The van der Waals surface area contributed by atoms with Crippen LogP contribution in [-0.4, -0.2) is 15.8 Å². The quantitative estimate of drug-likeness (QED) is 0.445. The van der Waals surface area contributed by atoms with E-state index in [9.17, 15) is 13.6 Å². The average Bonchev–Trinajstić information content (AvgIpc) is 2.80. The van der Waals surface area contributed by atoms with Crippen LogP contribution in [0.3, 0.4) is 0 Å². The predicted molar refractivity (Wildman–Crippen MR) is 107 cm³/mol. The Labute approximate surface area is 171 Å². The summed E-state index contributed by atoms with van der Waals surface area (Å²) in [5.74, 6) is -2.96. The predicted octanol–water partition coefficient (Wildman–Crippen LogP) is 5.19. The monoisotopic (exact) mass is 397 g/mol. The number of carbonyl (C=O) groups is 1. The number of halogens is 2. The number of rotatable bonds is 4. The highest BCUT2D eigenvalue weighted by atomic mass is 19.1. The Morgan fingerprint density at radius 2 is 1.43 bits per heavy atom. The van der Waals surface area contributed by atoms with Gasteiger partial charge in [0.25, 0.3) is 0 Å². The SMILES string of the molecule is N#Cc1c(F)ccc(C(=O)c2cccc(-c3cccc(-c4ccccc4)n3)n2)c1F. The zero-order valence-corrected chi connectivity index (χ0v) is 15.5. The first-order chi connectivity index (χ1) is 14.6. The van der Waals surface area contributed by atoms with E-state index in [0.717, 1.165) is 23.4 Å². The van der Waals surface area contributed by atoms with Crippen molar-refractivity contribution in [2.75, 3.05) is 0 Å².